The summed E-state index contributed by atoms with van der Waals surface area (Å²) >= 11 is 7.40. The topological polar surface area (TPSA) is 50.8 Å². The van der Waals surface area contributed by atoms with E-state index >= 15 is 0 Å². The molecular formula is C22H22FIN2O3S. The summed E-state index contributed by atoms with van der Waals surface area (Å²) in [5.74, 6) is 0.614. The molecule has 0 spiro atoms. The van der Waals surface area contributed by atoms with Gasteiger partial charge >= 0.3 is 0 Å². The summed E-state index contributed by atoms with van der Waals surface area (Å²) in [4.78, 5) is 14.1. The Kier molecular flexibility index (Phi) is 7.65. The summed E-state index contributed by atoms with van der Waals surface area (Å²) in [6.07, 6.45) is 2.57. The van der Waals surface area contributed by atoms with Gasteiger partial charge < -0.3 is 14.8 Å². The van der Waals surface area contributed by atoms with Gasteiger partial charge in [0.25, 0.3) is 5.91 Å². The largest absolute Gasteiger partial charge is 0.490 e. The normalized spacial score (nSPS) is 14.9. The second-order valence-corrected chi connectivity index (χ2v) is 8.14. The minimum absolute atomic E-state index is 0.0868. The minimum Gasteiger partial charge on any atom is -0.490 e. The highest BCUT2D eigenvalue weighted by Gasteiger charge is 2.29. The molecular weight excluding hydrogens is 518 g/mol. The zero-order valence-electron chi connectivity index (χ0n) is 16.7. The van der Waals surface area contributed by atoms with Crippen molar-refractivity contribution in [3.05, 3.63) is 62.6 Å². The van der Waals surface area contributed by atoms with Crippen molar-refractivity contribution in [2.45, 2.75) is 26.9 Å². The summed E-state index contributed by atoms with van der Waals surface area (Å²) in [6, 6.07) is 10.2. The lowest BCUT2D eigenvalue weighted by Crippen LogP contribution is -2.31. The van der Waals surface area contributed by atoms with Crippen molar-refractivity contribution in [1.82, 2.24) is 10.2 Å². The predicted molar refractivity (Wildman–Crippen MR) is 127 cm³/mol. The third kappa shape index (κ3) is 5.10. The zero-order valence-corrected chi connectivity index (χ0v) is 19.7. The van der Waals surface area contributed by atoms with E-state index in [4.69, 9.17) is 21.7 Å². The number of hydrogen-bond donors (Lipinski definition) is 1. The van der Waals surface area contributed by atoms with Crippen molar-refractivity contribution in [2.24, 2.45) is 0 Å². The lowest BCUT2D eigenvalue weighted by atomic mass is 10.1. The summed E-state index contributed by atoms with van der Waals surface area (Å²) < 4.78 is 26.4. The van der Waals surface area contributed by atoms with Gasteiger partial charge in [0.15, 0.2) is 16.6 Å². The number of nitrogens with one attached hydrogen (secondary N) is 1. The van der Waals surface area contributed by atoms with Crippen LogP contribution in [0.15, 0.2) is 42.1 Å². The molecule has 5 nitrogen and oxygen atoms in total. The molecule has 0 aliphatic carbocycles. The number of rotatable bonds is 8. The highest BCUT2D eigenvalue weighted by Crippen LogP contribution is 2.36. The van der Waals surface area contributed by atoms with Crippen molar-refractivity contribution in [3.63, 3.8) is 0 Å². The molecule has 1 N–H and O–H groups in total. The first-order valence-electron chi connectivity index (χ1n) is 9.61. The molecule has 0 radical (unpaired) electrons. The highest BCUT2D eigenvalue weighted by atomic mass is 127. The Hall–Kier alpha value is -2.20. The van der Waals surface area contributed by atoms with E-state index in [1.807, 2.05) is 19.9 Å². The fourth-order valence-corrected chi connectivity index (χ4v) is 4.07. The van der Waals surface area contributed by atoms with Crippen molar-refractivity contribution in [1.29, 1.82) is 0 Å². The van der Waals surface area contributed by atoms with Crippen LogP contribution in [0.3, 0.4) is 0 Å². The SMILES string of the molecule is CCCN1C(=O)/C(=C/c2cc(I)c(OCc3ccccc3F)c(OCC)c2)NC1=S. The Bertz CT molecular complexity index is 996. The summed E-state index contributed by atoms with van der Waals surface area (Å²) in [7, 11) is 0. The smallest absolute Gasteiger partial charge is 0.276 e. The van der Waals surface area contributed by atoms with E-state index in [9.17, 15) is 9.18 Å². The quantitative estimate of drug-likeness (QED) is 0.294. The summed E-state index contributed by atoms with van der Waals surface area (Å²) in [6.45, 7) is 4.98. The van der Waals surface area contributed by atoms with E-state index in [-0.39, 0.29) is 18.3 Å². The van der Waals surface area contributed by atoms with Crippen LogP contribution in [0, 0.1) is 9.39 Å². The van der Waals surface area contributed by atoms with Gasteiger partial charge in [-0.2, -0.15) is 0 Å². The van der Waals surface area contributed by atoms with Gasteiger partial charge in [-0.05, 0) is 78.0 Å². The molecule has 0 bridgehead atoms. The molecule has 158 valence electrons. The van der Waals surface area contributed by atoms with Crippen LogP contribution >= 0.6 is 34.8 Å². The number of amides is 1. The van der Waals surface area contributed by atoms with E-state index in [2.05, 4.69) is 27.9 Å². The first-order valence-corrected chi connectivity index (χ1v) is 11.1. The average molecular weight is 540 g/mol. The number of nitrogens with zero attached hydrogens (tertiary/aromatic N) is 1. The molecule has 3 rings (SSSR count). The number of carbonyl (C=O) groups is 1. The molecule has 1 aliphatic heterocycles. The van der Waals surface area contributed by atoms with Crippen molar-refractivity contribution < 1.29 is 18.7 Å². The number of halogens is 2. The molecule has 0 atom stereocenters. The fraction of sp³-hybridized carbons (Fsp3) is 0.273. The molecule has 1 saturated heterocycles. The van der Waals surface area contributed by atoms with Crippen LogP contribution < -0.4 is 14.8 Å². The minimum atomic E-state index is -0.315. The summed E-state index contributed by atoms with van der Waals surface area (Å²) in [5, 5.41) is 3.39. The van der Waals surface area contributed by atoms with Crippen LogP contribution in [0.5, 0.6) is 11.5 Å². The zero-order chi connectivity index (χ0) is 21.7. The van der Waals surface area contributed by atoms with E-state index in [0.29, 0.717) is 41.0 Å². The van der Waals surface area contributed by atoms with Crippen LogP contribution in [0.4, 0.5) is 4.39 Å². The lowest BCUT2D eigenvalue weighted by Gasteiger charge is -2.15. The standard InChI is InChI=1S/C22H22FIN2O3S/c1-3-9-26-21(27)18(25-22(26)30)11-14-10-17(24)20(19(12-14)28-4-2)29-13-15-7-5-6-8-16(15)23/h5-8,10-12H,3-4,9,13H2,1-2H3,(H,25,30)/b18-11-. The van der Waals surface area contributed by atoms with Gasteiger partial charge in [0, 0.05) is 12.1 Å². The monoisotopic (exact) mass is 540 g/mol. The Morgan fingerprint density at radius 1 is 1.23 bits per heavy atom. The van der Waals surface area contributed by atoms with Crippen molar-refractivity contribution in [2.75, 3.05) is 13.2 Å². The van der Waals surface area contributed by atoms with Gasteiger partial charge in [-0.3, -0.25) is 9.69 Å². The molecule has 2 aromatic carbocycles. The second kappa shape index (κ2) is 10.2. The van der Waals surface area contributed by atoms with Gasteiger partial charge in [0.1, 0.15) is 18.1 Å². The van der Waals surface area contributed by atoms with E-state index in [1.165, 1.54) is 6.07 Å². The first kappa shape index (κ1) is 22.5. The van der Waals surface area contributed by atoms with Crippen LogP contribution in [0.1, 0.15) is 31.4 Å². The average Bonchev–Trinajstić information content (AvgIpc) is 2.96. The number of thiocarbonyl (C=S) groups is 1. The third-order valence-electron chi connectivity index (χ3n) is 4.38. The molecule has 1 fully saturated rings. The molecule has 8 heteroatoms. The summed E-state index contributed by atoms with van der Waals surface area (Å²) in [5.41, 5.74) is 1.66. The Morgan fingerprint density at radius 3 is 2.70 bits per heavy atom. The Balaban J connectivity index is 1.87. The predicted octanol–water partition coefficient (Wildman–Crippen LogP) is 4.88. The second-order valence-electron chi connectivity index (χ2n) is 6.59. The van der Waals surface area contributed by atoms with Crippen LogP contribution in [-0.4, -0.2) is 29.1 Å². The van der Waals surface area contributed by atoms with Crippen LogP contribution in [0.25, 0.3) is 6.08 Å². The maximum atomic E-state index is 13.9. The van der Waals surface area contributed by atoms with Gasteiger partial charge in [-0.25, -0.2) is 4.39 Å². The fourth-order valence-electron chi connectivity index (χ4n) is 3.00. The molecule has 30 heavy (non-hydrogen) atoms. The molecule has 0 unspecified atom stereocenters. The molecule has 2 aromatic rings. The molecule has 0 aromatic heterocycles. The van der Waals surface area contributed by atoms with Crippen molar-refractivity contribution >= 4 is 51.9 Å². The number of hydrogen-bond acceptors (Lipinski definition) is 4. The molecule has 1 amide bonds. The number of ether oxygens (including phenoxy) is 2. The van der Waals surface area contributed by atoms with E-state index in [0.717, 1.165) is 15.6 Å². The maximum absolute atomic E-state index is 13.9. The number of carbonyl (C=O) groups excluding carboxylic acids is 1. The van der Waals surface area contributed by atoms with Gasteiger partial charge in [-0.1, -0.05) is 25.1 Å². The van der Waals surface area contributed by atoms with E-state index < -0.39 is 0 Å². The molecule has 1 heterocycles. The van der Waals surface area contributed by atoms with Crippen LogP contribution in [0.2, 0.25) is 0 Å². The van der Waals surface area contributed by atoms with E-state index in [1.54, 1.807) is 35.2 Å². The van der Waals surface area contributed by atoms with Gasteiger partial charge in [0.2, 0.25) is 0 Å². The number of benzene rings is 2. The third-order valence-corrected chi connectivity index (χ3v) is 5.51. The maximum Gasteiger partial charge on any atom is 0.276 e. The Morgan fingerprint density at radius 2 is 2.00 bits per heavy atom. The highest BCUT2D eigenvalue weighted by molar-refractivity contribution is 14.1. The molecule has 0 saturated carbocycles. The Labute approximate surface area is 194 Å². The van der Waals surface area contributed by atoms with Gasteiger partial charge in [0.05, 0.1) is 10.2 Å². The van der Waals surface area contributed by atoms with Crippen LogP contribution in [-0.2, 0) is 11.4 Å². The van der Waals surface area contributed by atoms with Crippen molar-refractivity contribution in [3.8, 4) is 11.5 Å². The lowest BCUT2D eigenvalue weighted by molar-refractivity contribution is -0.122. The van der Waals surface area contributed by atoms with Gasteiger partial charge in [-0.15, -0.1) is 0 Å². The molecule has 1 aliphatic rings. The first-order chi connectivity index (χ1) is 14.4.